The smallest absolute Gasteiger partial charge is 0.116 e. The minimum absolute atomic E-state index is 0.307. The van der Waals surface area contributed by atoms with Gasteiger partial charge in [-0.2, -0.15) is 0 Å². The molecule has 4 aromatic carbocycles. The molecule has 0 saturated heterocycles. The number of imidazole rings is 1. The molecule has 0 radical (unpaired) electrons. The molecule has 5 nitrogen and oxygen atoms in total. The Hall–Kier alpha value is -4.29. The van der Waals surface area contributed by atoms with E-state index in [4.69, 9.17) is 4.98 Å². The SMILES string of the molecule is CC(C)c1cc2cc3c(cc2[nH]1)sc1cc(-c2ccc4c(c2)c2cncnc2c2[nH]c(C(C)C)nc42)ccc13. The maximum Gasteiger partial charge on any atom is 0.116 e. The summed E-state index contributed by atoms with van der Waals surface area (Å²) in [7, 11) is 0. The van der Waals surface area contributed by atoms with Crippen LogP contribution in [0.1, 0.15) is 51.0 Å². The molecule has 0 bridgehead atoms. The first-order valence-corrected chi connectivity index (χ1v) is 14.3. The zero-order valence-electron chi connectivity index (χ0n) is 22.3. The largest absolute Gasteiger partial charge is 0.358 e. The van der Waals surface area contributed by atoms with Crippen molar-refractivity contribution >= 4 is 75.1 Å². The molecule has 39 heavy (non-hydrogen) atoms. The van der Waals surface area contributed by atoms with Gasteiger partial charge >= 0.3 is 0 Å². The van der Waals surface area contributed by atoms with Gasteiger partial charge in [0.25, 0.3) is 0 Å². The number of rotatable bonds is 3. The number of nitrogens with one attached hydrogen (secondary N) is 2. The molecule has 0 amide bonds. The summed E-state index contributed by atoms with van der Waals surface area (Å²) in [5.41, 5.74) is 7.77. The van der Waals surface area contributed by atoms with E-state index in [1.54, 1.807) is 6.33 Å². The summed E-state index contributed by atoms with van der Waals surface area (Å²) < 4.78 is 2.62. The number of hydrogen-bond donors (Lipinski definition) is 2. The van der Waals surface area contributed by atoms with E-state index in [2.05, 4.69) is 102 Å². The Morgan fingerprint density at radius 3 is 2.31 bits per heavy atom. The van der Waals surface area contributed by atoms with Gasteiger partial charge in [-0.1, -0.05) is 52.0 Å². The van der Waals surface area contributed by atoms with Gasteiger partial charge in [0.05, 0.1) is 16.6 Å². The fraction of sp³-hybridized carbons (Fsp3) is 0.182. The minimum Gasteiger partial charge on any atom is -0.358 e. The molecular formula is C33H27N5S. The highest BCUT2D eigenvalue weighted by Crippen LogP contribution is 2.40. The third-order valence-electron chi connectivity index (χ3n) is 7.97. The Balaban J connectivity index is 1.31. The van der Waals surface area contributed by atoms with E-state index in [-0.39, 0.29) is 0 Å². The van der Waals surface area contributed by atoms with Gasteiger partial charge in [-0.3, -0.25) is 0 Å². The van der Waals surface area contributed by atoms with Gasteiger partial charge in [-0.25, -0.2) is 15.0 Å². The van der Waals surface area contributed by atoms with Gasteiger partial charge in [-0.15, -0.1) is 11.3 Å². The molecule has 0 aliphatic rings. The molecule has 4 aromatic heterocycles. The van der Waals surface area contributed by atoms with E-state index in [0.29, 0.717) is 11.8 Å². The quantitative estimate of drug-likeness (QED) is 0.226. The van der Waals surface area contributed by atoms with Crippen LogP contribution in [0.3, 0.4) is 0 Å². The lowest BCUT2D eigenvalue weighted by atomic mass is 9.97. The molecule has 0 atom stereocenters. The lowest BCUT2D eigenvalue weighted by Gasteiger charge is -2.08. The molecule has 4 heterocycles. The van der Waals surface area contributed by atoms with Crippen molar-refractivity contribution in [1.82, 2.24) is 24.9 Å². The average molecular weight is 526 g/mol. The predicted molar refractivity (Wildman–Crippen MR) is 165 cm³/mol. The summed E-state index contributed by atoms with van der Waals surface area (Å²) in [5.74, 6) is 1.78. The number of H-pyrrole nitrogens is 2. The molecule has 0 fully saturated rings. The zero-order chi connectivity index (χ0) is 26.4. The second kappa shape index (κ2) is 8.10. The van der Waals surface area contributed by atoms with Crippen LogP contribution in [0.25, 0.3) is 74.9 Å². The van der Waals surface area contributed by atoms with Crippen molar-refractivity contribution in [3.63, 3.8) is 0 Å². The maximum absolute atomic E-state index is 4.97. The van der Waals surface area contributed by atoms with E-state index in [1.165, 1.54) is 47.9 Å². The number of benzene rings is 4. The molecule has 0 unspecified atom stereocenters. The van der Waals surface area contributed by atoms with E-state index in [9.17, 15) is 0 Å². The lowest BCUT2D eigenvalue weighted by Crippen LogP contribution is -1.88. The highest BCUT2D eigenvalue weighted by atomic mass is 32.1. The standard InChI is InChI=1S/C33H27N5S/c1-16(2)26-11-20-10-24-21-7-5-19(12-28(21)39-29(24)13-27(20)36-26)18-6-8-22-23(9-18)25-14-34-15-35-30(25)32-31(22)37-33(38-32)17(3)4/h5-17,36H,1-4H3,(H,37,38). The highest BCUT2D eigenvalue weighted by molar-refractivity contribution is 7.25. The minimum atomic E-state index is 0.307. The van der Waals surface area contributed by atoms with Gasteiger partial charge in [0.1, 0.15) is 12.2 Å². The Morgan fingerprint density at radius 2 is 1.49 bits per heavy atom. The lowest BCUT2D eigenvalue weighted by molar-refractivity contribution is 0.799. The van der Waals surface area contributed by atoms with Gasteiger partial charge in [0.15, 0.2) is 0 Å². The number of thiophene rings is 1. The molecule has 190 valence electrons. The van der Waals surface area contributed by atoms with E-state index >= 15 is 0 Å². The Morgan fingerprint density at radius 1 is 0.692 bits per heavy atom. The third-order valence-corrected chi connectivity index (χ3v) is 9.09. The fourth-order valence-corrected chi connectivity index (χ4v) is 6.99. The van der Waals surface area contributed by atoms with Crippen LogP contribution in [-0.2, 0) is 0 Å². The van der Waals surface area contributed by atoms with Crippen molar-refractivity contribution in [1.29, 1.82) is 0 Å². The van der Waals surface area contributed by atoms with Crippen LogP contribution < -0.4 is 0 Å². The van der Waals surface area contributed by atoms with E-state index in [1.807, 2.05) is 17.5 Å². The van der Waals surface area contributed by atoms with Crippen molar-refractivity contribution in [3.8, 4) is 11.1 Å². The predicted octanol–water partition coefficient (Wildman–Crippen LogP) is 9.42. The van der Waals surface area contributed by atoms with Gasteiger partial charge in [-0.05, 0) is 52.8 Å². The fourth-order valence-electron chi connectivity index (χ4n) is 5.83. The molecule has 0 saturated carbocycles. The summed E-state index contributed by atoms with van der Waals surface area (Å²) >= 11 is 1.86. The second-order valence-corrected chi connectivity index (χ2v) is 12.3. The Kier molecular flexibility index (Phi) is 4.71. The molecule has 6 heteroatoms. The van der Waals surface area contributed by atoms with Crippen LogP contribution in [0.2, 0.25) is 0 Å². The number of hydrogen-bond acceptors (Lipinski definition) is 4. The van der Waals surface area contributed by atoms with Gasteiger partial charge < -0.3 is 9.97 Å². The van der Waals surface area contributed by atoms with Crippen molar-refractivity contribution in [3.05, 3.63) is 78.6 Å². The summed E-state index contributed by atoms with van der Waals surface area (Å²) in [6.07, 6.45) is 3.54. The summed E-state index contributed by atoms with van der Waals surface area (Å²) in [5, 5.41) is 7.21. The van der Waals surface area contributed by atoms with Crippen LogP contribution in [0.5, 0.6) is 0 Å². The van der Waals surface area contributed by atoms with Crippen LogP contribution in [0.15, 0.2) is 67.1 Å². The first-order valence-electron chi connectivity index (χ1n) is 13.5. The molecule has 0 aliphatic carbocycles. The Labute approximate surface area is 228 Å². The number of fused-ring (bicyclic) bond motifs is 10. The molecule has 8 rings (SSSR count). The molecule has 2 N–H and O–H groups in total. The summed E-state index contributed by atoms with van der Waals surface area (Å²) in [6, 6.07) is 20.5. The summed E-state index contributed by atoms with van der Waals surface area (Å²) in [4.78, 5) is 21.1. The molecule has 8 aromatic rings. The van der Waals surface area contributed by atoms with Gasteiger partial charge in [0.2, 0.25) is 0 Å². The average Bonchev–Trinajstić information content (AvgIpc) is 3.66. The first-order chi connectivity index (χ1) is 18.9. The maximum atomic E-state index is 4.97. The Bertz CT molecular complexity index is 2250. The monoisotopic (exact) mass is 525 g/mol. The first kappa shape index (κ1) is 22.7. The van der Waals surface area contributed by atoms with Crippen LogP contribution in [0.4, 0.5) is 0 Å². The number of aromatic amines is 2. The number of nitrogens with zero attached hydrogens (tertiary/aromatic N) is 3. The van der Waals surface area contributed by atoms with Crippen molar-refractivity contribution in [2.24, 2.45) is 0 Å². The van der Waals surface area contributed by atoms with Crippen molar-refractivity contribution < 1.29 is 0 Å². The third kappa shape index (κ3) is 3.34. The second-order valence-electron chi connectivity index (χ2n) is 11.2. The molecule has 0 spiro atoms. The van der Waals surface area contributed by atoms with Crippen molar-refractivity contribution in [2.75, 3.05) is 0 Å². The number of aromatic nitrogens is 5. The van der Waals surface area contributed by atoms with Crippen molar-refractivity contribution in [2.45, 2.75) is 39.5 Å². The van der Waals surface area contributed by atoms with E-state index in [0.717, 1.165) is 38.5 Å². The molecule has 0 aliphatic heterocycles. The zero-order valence-corrected chi connectivity index (χ0v) is 23.1. The van der Waals surface area contributed by atoms with Gasteiger partial charge in [0, 0.05) is 59.7 Å². The normalized spacial score (nSPS) is 12.6. The topological polar surface area (TPSA) is 70.2 Å². The van der Waals surface area contributed by atoms with E-state index < -0.39 is 0 Å². The summed E-state index contributed by atoms with van der Waals surface area (Å²) in [6.45, 7) is 8.77. The molecular weight excluding hydrogens is 498 g/mol. The van der Waals surface area contributed by atoms with Crippen LogP contribution in [0, 0.1) is 0 Å². The van der Waals surface area contributed by atoms with Crippen LogP contribution in [-0.4, -0.2) is 24.9 Å². The highest BCUT2D eigenvalue weighted by Gasteiger charge is 2.17. The van der Waals surface area contributed by atoms with Crippen LogP contribution >= 0.6 is 11.3 Å².